The number of amides is 1. The van der Waals surface area contributed by atoms with Crippen molar-refractivity contribution in [1.29, 1.82) is 0 Å². The van der Waals surface area contributed by atoms with E-state index in [0.717, 1.165) is 18.5 Å². The minimum Gasteiger partial charge on any atom is -0.356 e. The number of rotatable bonds is 6. The van der Waals surface area contributed by atoms with E-state index in [1.165, 1.54) is 0 Å². The van der Waals surface area contributed by atoms with Gasteiger partial charge in [-0.25, -0.2) is 0 Å². The first kappa shape index (κ1) is 12.0. The third-order valence-corrected chi connectivity index (χ3v) is 2.28. The second-order valence-electron chi connectivity index (χ2n) is 3.37. The Hall–Kier alpha value is -1.03. The van der Waals surface area contributed by atoms with Gasteiger partial charge in [-0.2, -0.15) is 5.10 Å². The van der Waals surface area contributed by atoms with Crippen LogP contribution in [-0.2, 0) is 18.3 Å². The van der Waals surface area contributed by atoms with Gasteiger partial charge in [-0.05, 0) is 12.5 Å². The van der Waals surface area contributed by atoms with Crippen molar-refractivity contribution in [2.45, 2.75) is 19.3 Å². The van der Waals surface area contributed by atoms with Crippen LogP contribution in [0.1, 0.15) is 18.5 Å². The lowest BCUT2D eigenvalue weighted by molar-refractivity contribution is -0.121. The molecule has 0 bridgehead atoms. The molecule has 1 rings (SSSR count). The van der Waals surface area contributed by atoms with E-state index in [9.17, 15) is 4.79 Å². The largest absolute Gasteiger partial charge is 0.356 e. The number of nitrogens with zero attached hydrogens (tertiary/aromatic N) is 2. The topological polar surface area (TPSA) is 46.9 Å². The lowest BCUT2D eigenvalue weighted by Crippen LogP contribution is -2.25. The summed E-state index contributed by atoms with van der Waals surface area (Å²) in [5.41, 5.74) is 0.996. The van der Waals surface area contributed by atoms with Crippen LogP contribution in [0.5, 0.6) is 0 Å². The van der Waals surface area contributed by atoms with Gasteiger partial charge in [-0.3, -0.25) is 9.48 Å². The maximum absolute atomic E-state index is 11.2. The highest BCUT2D eigenvalue weighted by Gasteiger charge is 2.01. The smallest absolute Gasteiger partial charge is 0.220 e. The number of hydrogen-bond donors (Lipinski definition) is 1. The lowest BCUT2D eigenvalue weighted by atomic mass is 10.3. The summed E-state index contributed by atoms with van der Waals surface area (Å²) in [6, 6.07) is 1.95. The van der Waals surface area contributed by atoms with Gasteiger partial charge in [0.15, 0.2) is 0 Å². The zero-order valence-corrected chi connectivity index (χ0v) is 9.63. The molecule has 0 aliphatic rings. The molecule has 15 heavy (non-hydrogen) atoms. The first-order valence-electron chi connectivity index (χ1n) is 5.03. The molecule has 5 heteroatoms. The van der Waals surface area contributed by atoms with Crippen LogP contribution in [0.25, 0.3) is 0 Å². The molecule has 0 spiro atoms. The molecule has 0 aliphatic heterocycles. The summed E-state index contributed by atoms with van der Waals surface area (Å²) in [7, 11) is 1.88. The van der Waals surface area contributed by atoms with E-state index in [1.807, 2.05) is 19.3 Å². The molecule has 1 aromatic rings. The van der Waals surface area contributed by atoms with Crippen LogP contribution in [0.3, 0.4) is 0 Å². The average molecular weight is 230 g/mol. The van der Waals surface area contributed by atoms with Crippen molar-refractivity contribution >= 4 is 17.5 Å². The second-order valence-corrected chi connectivity index (χ2v) is 3.75. The molecule has 84 valence electrons. The van der Waals surface area contributed by atoms with Gasteiger partial charge >= 0.3 is 0 Å². The molecule has 1 amide bonds. The van der Waals surface area contributed by atoms with Crippen molar-refractivity contribution < 1.29 is 4.79 Å². The Labute approximate surface area is 94.6 Å². The van der Waals surface area contributed by atoms with Gasteiger partial charge in [0, 0.05) is 38.5 Å². The van der Waals surface area contributed by atoms with E-state index in [4.69, 9.17) is 11.6 Å². The Morgan fingerprint density at radius 3 is 3.07 bits per heavy atom. The molecule has 4 nitrogen and oxygen atoms in total. The van der Waals surface area contributed by atoms with Gasteiger partial charge < -0.3 is 5.32 Å². The highest BCUT2D eigenvalue weighted by molar-refractivity contribution is 6.17. The standard InChI is InChI=1S/C10H16ClN3O/c1-14-8-5-9(13-14)4-7-12-10(15)3-2-6-11/h5,8H,2-4,6-7H2,1H3,(H,12,15). The van der Waals surface area contributed by atoms with E-state index >= 15 is 0 Å². The van der Waals surface area contributed by atoms with Crippen molar-refractivity contribution in [1.82, 2.24) is 15.1 Å². The van der Waals surface area contributed by atoms with Gasteiger partial charge in [0.25, 0.3) is 0 Å². The van der Waals surface area contributed by atoms with E-state index in [2.05, 4.69) is 10.4 Å². The molecule has 0 saturated carbocycles. The Kier molecular flexibility index (Phi) is 5.18. The number of nitrogens with one attached hydrogen (secondary N) is 1. The number of carbonyl (C=O) groups excluding carboxylic acids is 1. The molecular formula is C10H16ClN3O. The maximum atomic E-state index is 11.2. The molecule has 0 radical (unpaired) electrons. The van der Waals surface area contributed by atoms with Crippen LogP contribution in [0.4, 0.5) is 0 Å². The minimum atomic E-state index is 0.0616. The highest BCUT2D eigenvalue weighted by Crippen LogP contribution is 1.95. The third-order valence-electron chi connectivity index (χ3n) is 2.01. The lowest BCUT2D eigenvalue weighted by Gasteiger charge is -2.02. The van der Waals surface area contributed by atoms with Gasteiger partial charge in [0.05, 0.1) is 5.69 Å². The van der Waals surface area contributed by atoms with E-state index in [1.54, 1.807) is 4.68 Å². The highest BCUT2D eigenvalue weighted by atomic mass is 35.5. The number of carbonyl (C=O) groups is 1. The summed E-state index contributed by atoms with van der Waals surface area (Å²) in [5.74, 6) is 0.597. The second kappa shape index (κ2) is 6.45. The maximum Gasteiger partial charge on any atom is 0.220 e. The Bertz CT molecular complexity index is 311. The summed E-state index contributed by atoms with van der Waals surface area (Å²) < 4.78 is 1.75. The fraction of sp³-hybridized carbons (Fsp3) is 0.600. The number of alkyl halides is 1. The summed E-state index contributed by atoms with van der Waals surface area (Å²) in [6.07, 6.45) is 3.90. The molecular weight excluding hydrogens is 214 g/mol. The summed E-state index contributed by atoms with van der Waals surface area (Å²) in [5, 5.41) is 7.04. The van der Waals surface area contributed by atoms with Crippen molar-refractivity contribution in [3.05, 3.63) is 18.0 Å². The Morgan fingerprint density at radius 2 is 2.47 bits per heavy atom. The van der Waals surface area contributed by atoms with Gasteiger partial charge in [-0.1, -0.05) is 0 Å². The van der Waals surface area contributed by atoms with Gasteiger partial charge in [-0.15, -0.1) is 11.6 Å². The molecule has 0 saturated heterocycles. The fourth-order valence-corrected chi connectivity index (χ4v) is 1.38. The molecule has 1 N–H and O–H groups in total. The van der Waals surface area contributed by atoms with Crippen LogP contribution in [-0.4, -0.2) is 28.1 Å². The van der Waals surface area contributed by atoms with Crippen LogP contribution in [0.15, 0.2) is 12.3 Å². The molecule has 0 unspecified atom stereocenters. The van der Waals surface area contributed by atoms with Crippen molar-refractivity contribution in [2.75, 3.05) is 12.4 Å². The van der Waals surface area contributed by atoms with E-state index < -0.39 is 0 Å². The molecule has 1 aromatic heterocycles. The normalized spacial score (nSPS) is 10.3. The molecule has 0 fully saturated rings. The first-order chi connectivity index (χ1) is 7.22. The molecule has 0 atom stereocenters. The Balaban J connectivity index is 2.13. The van der Waals surface area contributed by atoms with Crippen LogP contribution in [0.2, 0.25) is 0 Å². The quantitative estimate of drug-likeness (QED) is 0.743. The van der Waals surface area contributed by atoms with Crippen LogP contribution in [0, 0.1) is 0 Å². The zero-order chi connectivity index (χ0) is 11.1. The fourth-order valence-electron chi connectivity index (χ4n) is 1.24. The van der Waals surface area contributed by atoms with Gasteiger partial charge in [0.1, 0.15) is 0 Å². The number of aromatic nitrogens is 2. The zero-order valence-electron chi connectivity index (χ0n) is 8.87. The van der Waals surface area contributed by atoms with Crippen LogP contribution < -0.4 is 5.32 Å². The number of aryl methyl sites for hydroxylation is 1. The predicted molar refractivity (Wildman–Crippen MR) is 59.9 cm³/mol. The van der Waals surface area contributed by atoms with Crippen molar-refractivity contribution in [3.63, 3.8) is 0 Å². The van der Waals surface area contributed by atoms with Crippen LogP contribution >= 0.6 is 11.6 Å². The monoisotopic (exact) mass is 229 g/mol. The summed E-state index contributed by atoms with van der Waals surface area (Å²) >= 11 is 5.49. The average Bonchev–Trinajstić information content (AvgIpc) is 2.61. The van der Waals surface area contributed by atoms with E-state index in [-0.39, 0.29) is 5.91 Å². The summed E-state index contributed by atoms with van der Waals surface area (Å²) in [4.78, 5) is 11.2. The van der Waals surface area contributed by atoms with Gasteiger partial charge in [0.2, 0.25) is 5.91 Å². The minimum absolute atomic E-state index is 0.0616. The van der Waals surface area contributed by atoms with E-state index in [0.29, 0.717) is 18.8 Å². The molecule has 1 heterocycles. The first-order valence-corrected chi connectivity index (χ1v) is 5.57. The summed E-state index contributed by atoms with van der Waals surface area (Å²) in [6.45, 7) is 0.637. The Morgan fingerprint density at radius 1 is 1.67 bits per heavy atom. The van der Waals surface area contributed by atoms with Crippen molar-refractivity contribution in [3.8, 4) is 0 Å². The third kappa shape index (κ3) is 4.83. The number of hydrogen-bond acceptors (Lipinski definition) is 2. The molecule has 0 aromatic carbocycles. The van der Waals surface area contributed by atoms with Crippen molar-refractivity contribution in [2.24, 2.45) is 7.05 Å². The number of halogens is 1. The SMILES string of the molecule is Cn1ccc(CCNC(=O)CCCCl)n1. The molecule has 0 aliphatic carbocycles. The predicted octanol–water partition coefficient (Wildman–Crippen LogP) is 1.10.